The molecule has 1 unspecified atom stereocenters. The molecule has 1 saturated heterocycles. The molecule has 1 aromatic carbocycles. The maximum absolute atomic E-state index is 12.3. The van der Waals surface area contributed by atoms with Gasteiger partial charge in [0.15, 0.2) is 5.82 Å². The highest BCUT2D eigenvalue weighted by atomic mass is 16.5. The number of carbonyl (C=O) groups is 2. The number of carbonyl (C=O) groups excluding carboxylic acids is 2. The van der Waals surface area contributed by atoms with E-state index in [1.807, 2.05) is 37.3 Å². The minimum Gasteiger partial charge on any atom is -0.355 e. The Bertz CT molecular complexity index is 744. The van der Waals surface area contributed by atoms with Gasteiger partial charge in [-0.3, -0.25) is 9.59 Å². The van der Waals surface area contributed by atoms with Crippen LogP contribution in [-0.2, 0) is 22.4 Å². The zero-order valence-electron chi connectivity index (χ0n) is 15.0. The molecule has 2 aromatic rings. The first-order valence-corrected chi connectivity index (χ1v) is 9.06. The van der Waals surface area contributed by atoms with Gasteiger partial charge in [0.1, 0.15) is 0 Å². The van der Waals surface area contributed by atoms with Crippen molar-refractivity contribution in [1.29, 1.82) is 0 Å². The lowest BCUT2D eigenvalue weighted by atomic mass is 9.96. The summed E-state index contributed by atoms with van der Waals surface area (Å²) in [6.07, 6.45) is 2.18. The molecule has 3 rings (SSSR count). The van der Waals surface area contributed by atoms with Gasteiger partial charge in [-0.1, -0.05) is 35.5 Å². The Morgan fingerprint density at radius 1 is 1.35 bits per heavy atom. The smallest absolute Gasteiger partial charge is 0.228 e. The van der Waals surface area contributed by atoms with Crippen LogP contribution in [0.2, 0.25) is 0 Å². The van der Waals surface area contributed by atoms with E-state index in [9.17, 15) is 9.59 Å². The monoisotopic (exact) mass is 356 g/mol. The molecular formula is C19H24N4O3. The molecule has 1 aromatic heterocycles. The lowest BCUT2D eigenvalue weighted by molar-refractivity contribution is -0.138. The van der Waals surface area contributed by atoms with Crippen LogP contribution in [0.4, 0.5) is 0 Å². The van der Waals surface area contributed by atoms with Crippen LogP contribution in [0.25, 0.3) is 0 Å². The molecule has 7 heteroatoms. The molecule has 1 aliphatic heterocycles. The van der Waals surface area contributed by atoms with Crippen molar-refractivity contribution in [2.75, 3.05) is 19.6 Å². The van der Waals surface area contributed by atoms with Gasteiger partial charge in [-0.25, -0.2) is 0 Å². The normalized spacial score (nSPS) is 17.3. The predicted octanol–water partition coefficient (Wildman–Crippen LogP) is 1.58. The van der Waals surface area contributed by atoms with Crippen molar-refractivity contribution in [2.24, 2.45) is 5.92 Å². The quantitative estimate of drug-likeness (QED) is 0.814. The predicted molar refractivity (Wildman–Crippen MR) is 95.2 cm³/mol. The summed E-state index contributed by atoms with van der Waals surface area (Å²) < 4.78 is 5.25. The molecular weight excluding hydrogens is 332 g/mol. The first-order chi connectivity index (χ1) is 12.7. The van der Waals surface area contributed by atoms with Gasteiger partial charge in [0.25, 0.3) is 0 Å². The number of nitrogens with one attached hydrogen (secondary N) is 1. The molecule has 138 valence electrons. The molecule has 2 amide bonds. The van der Waals surface area contributed by atoms with Gasteiger partial charge < -0.3 is 14.7 Å². The van der Waals surface area contributed by atoms with Crippen molar-refractivity contribution in [3.05, 3.63) is 47.6 Å². The molecule has 1 fully saturated rings. The van der Waals surface area contributed by atoms with E-state index in [4.69, 9.17) is 4.52 Å². The van der Waals surface area contributed by atoms with Crippen molar-refractivity contribution >= 4 is 11.8 Å². The highest BCUT2D eigenvalue weighted by molar-refractivity contribution is 5.83. The van der Waals surface area contributed by atoms with E-state index in [0.29, 0.717) is 57.0 Å². The van der Waals surface area contributed by atoms with Crippen LogP contribution in [0, 0.1) is 5.92 Å². The third-order valence-electron chi connectivity index (χ3n) is 4.61. The maximum atomic E-state index is 12.3. The summed E-state index contributed by atoms with van der Waals surface area (Å²) in [5.41, 5.74) is 1.13. The summed E-state index contributed by atoms with van der Waals surface area (Å²) in [5.74, 6) is 1.14. The Hall–Kier alpha value is -2.70. The van der Waals surface area contributed by atoms with E-state index < -0.39 is 0 Å². The van der Waals surface area contributed by atoms with Gasteiger partial charge in [0.2, 0.25) is 17.7 Å². The van der Waals surface area contributed by atoms with Crippen molar-refractivity contribution in [1.82, 2.24) is 20.4 Å². The number of piperidine rings is 1. The molecule has 7 nitrogen and oxygen atoms in total. The van der Waals surface area contributed by atoms with E-state index in [1.165, 1.54) is 0 Å². The summed E-state index contributed by atoms with van der Waals surface area (Å²) in [5, 5.41) is 6.90. The van der Waals surface area contributed by atoms with Crippen LogP contribution < -0.4 is 5.32 Å². The van der Waals surface area contributed by atoms with Gasteiger partial charge in [0, 0.05) is 38.9 Å². The Labute approximate surface area is 152 Å². The second-order valence-electron chi connectivity index (χ2n) is 6.48. The van der Waals surface area contributed by atoms with Crippen LogP contribution in [0.3, 0.4) is 0 Å². The van der Waals surface area contributed by atoms with Gasteiger partial charge in [-0.15, -0.1) is 0 Å². The summed E-state index contributed by atoms with van der Waals surface area (Å²) >= 11 is 0. The molecule has 0 aliphatic carbocycles. The van der Waals surface area contributed by atoms with Crippen LogP contribution in [0.15, 0.2) is 34.9 Å². The van der Waals surface area contributed by atoms with Crippen LogP contribution in [0.5, 0.6) is 0 Å². The zero-order valence-corrected chi connectivity index (χ0v) is 15.0. The Morgan fingerprint density at radius 3 is 2.92 bits per heavy atom. The number of hydrogen-bond acceptors (Lipinski definition) is 5. The van der Waals surface area contributed by atoms with Crippen LogP contribution in [0.1, 0.15) is 37.0 Å². The highest BCUT2D eigenvalue weighted by Gasteiger charge is 2.29. The SMILES string of the molecule is CCN1CC(C(=O)NCCc2nc(Cc3ccccc3)no2)CCC1=O. The highest BCUT2D eigenvalue weighted by Crippen LogP contribution is 2.17. The molecule has 1 atom stereocenters. The molecule has 2 heterocycles. The van der Waals surface area contributed by atoms with Gasteiger partial charge >= 0.3 is 0 Å². The number of amides is 2. The van der Waals surface area contributed by atoms with Crippen molar-refractivity contribution in [2.45, 2.75) is 32.6 Å². The largest absolute Gasteiger partial charge is 0.355 e. The first kappa shape index (κ1) is 18.1. The van der Waals surface area contributed by atoms with Crippen LogP contribution >= 0.6 is 0 Å². The van der Waals surface area contributed by atoms with Gasteiger partial charge in [-0.05, 0) is 18.9 Å². The van der Waals surface area contributed by atoms with Gasteiger partial charge in [-0.2, -0.15) is 4.98 Å². The minimum atomic E-state index is -0.135. The van der Waals surface area contributed by atoms with Crippen molar-refractivity contribution in [3.8, 4) is 0 Å². The van der Waals surface area contributed by atoms with E-state index in [-0.39, 0.29) is 17.7 Å². The molecule has 0 bridgehead atoms. The summed E-state index contributed by atoms with van der Waals surface area (Å²) in [4.78, 5) is 30.1. The molecule has 1 N–H and O–H groups in total. The molecule has 0 radical (unpaired) electrons. The summed E-state index contributed by atoms with van der Waals surface area (Å²) in [6, 6.07) is 9.96. The number of nitrogens with zero attached hydrogens (tertiary/aromatic N) is 3. The standard InChI is InChI=1S/C19H24N4O3/c1-2-23-13-15(8-9-18(23)24)19(25)20-11-10-17-21-16(22-26-17)12-14-6-4-3-5-7-14/h3-7,15H,2,8-13H2,1H3,(H,20,25). The Morgan fingerprint density at radius 2 is 2.15 bits per heavy atom. The zero-order chi connectivity index (χ0) is 18.4. The molecule has 26 heavy (non-hydrogen) atoms. The third-order valence-corrected chi connectivity index (χ3v) is 4.61. The third kappa shape index (κ3) is 4.68. The van der Waals surface area contributed by atoms with E-state index in [2.05, 4.69) is 15.5 Å². The van der Waals surface area contributed by atoms with E-state index in [1.54, 1.807) is 4.90 Å². The second-order valence-corrected chi connectivity index (χ2v) is 6.48. The molecule has 0 spiro atoms. The summed E-state index contributed by atoms with van der Waals surface area (Å²) in [6.45, 7) is 3.53. The maximum Gasteiger partial charge on any atom is 0.228 e. The number of aromatic nitrogens is 2. The van der Waals surface area contributed by atoms with Crippen molar-refractivity contribution < 1.29 is 14.1 Å². The molecule has 1 aliphatic rings. The van der Waals surface area contributed by atoms with E-state index in [0.717, 1.165) is 5.56 Å². The van der Waals surface area contributed by atoms with Crippen LogP contribution in [-0.4, -0.2) is 46.5 Å². The number of rotatable bonds is 7. The lowest BCUT2D eigenvalue weighted by Gasteiger charge is -2.30. The lowest BCUT2D eigenvalue weighted by Crippen LogP contribution is -2.45. The average Bonchev–Trinajstić information content (AvgIpc) is 3.10. The number of hydrogen-bond donors (Lipinski definition) is 1. The Balaban J connectivity index is 1.43. The first-order valence-electron chi connectivity index (χ1n) is 9.06. The number of likely N-dealkylation sites (tertiary alicyclic amines) is 1. The van der Waals surface area contributed by atoms with E-state index >= 15 is 0 Å². The minimum absolute atomic E-state index is 0.0139. The van der Waals surface area contributed by atoms with Gasteiger partial charge in [0.05, 0.1) is 5.92 Å². The topological polar surface area (TPSA) is 88.3 Å². The fraction of sp³-hybridized carbons (Fsp3) is 0.474. The molecule has 0 saturated carbocycles. The second kappa shape index (κ2) is 8.60. The Kier molecular flexibility index (Phi) is 5.99. The number of benzene rings is 1. The fourth-order valence-corrected chi connectivity index (χ4v) is 3.11. The average molecular weight is 356 g/mol. The summed E-state index contributed by atoms with van der Waals surface area (Å²) in [7, 11) is 0. The fourth-order valence-electron chi connectivity index (χ4n) is 3.11. The van der Waals surface area contributed by atoms with Crippen molar-refractivity contribution in [3.63, 3.8) is 0 Å².